The predicted octanol–water partition coefficient (Wildman–Crippen LogP) is 3.05. The van der Waals surface area contributed by atoms with E-state index in [9.17, 15) is 18.0 Å². The molecule has 0 radical (unpaired) electrons. The van der Waals surface area contributed by atoms with Crippen LogP contribution in [0.2, 0.25) is 0 Å². The first-order valence-electron chi connectivity index (χ1n) is 7.24. The van der Waals surface area contributed by atoms with E-state index < -0.39 is 11.7 Å². The van der Waals surface area contributed by atoms with Gasteiger partial charge in [-0.2, -0.15) is 13.2 Å². The number of aryl methyl sites for hydroxylation is 1. The largest absolute Gasteiger partial charge is 0.416 e. The number of ether oxygens (including phenoxy) is 1. The topological polar surface area (TPSA) is 29.5 Å². The van der Waals surface area contributed by atoms with Gasteiger partial charge in [-0.1, -0.05) is 6.07 Å². The van der Waals surface area contributed by atoms with Gasteiger partial charge in [-0.25, -0.2) is 0 Å². The molecule has 1 heterocycles. The van der Waals surface area contributed by atoms with Crippen molar-refractivity contribution < 1.29 is 22.7 Å². The highest BCUT2D eigenvalue weighted by atomic mass is 19.4. The third kappa shape index (κ3) is 4.00. The minimum atomic E-state index is -4.33. The molecule has 0 spiro atoms. The van der Waals surface area contributed by atoms with Gasteiger partial charge in [0.15, 0.2) is 0 Å². The Balaban J connectivity index is 2.07. The number of halogens is 3. The van der Waals surface area contributed by atoms with Crippen LogP contribution in [0.3, 0.4) is 0 Å². The van der Waals surface area contributed by atoms with Crippen LogP contribution in [0.4, 0.5) is 13.2 Å². The average Bonchev–Trinajstić information content (AvgIpc) is 2.77. The third-order valence-corrected chi connectivity index (χ3v) is 4.04. The number of rotatable bonds is 5. The van der Waals surface area contributed by atoms with E-state index in [1.165, 1.54) is 12.1 Å². The van der Waals surface area contributed by atoms with Crippen molar-refractivity contribution in [2.75, 3.05) is 26.8 Å². The second-order valence-electron chi connectivity index (χ2n) is 5.75. The Morgan fingerprint density at radius 2 is 2.09 bits per heavy atom. The molecule has 0 aromatic heterocycles. The lowest BCUT2D eigenvalue weighted by Crippen LogP contribution is -2.29. The summed E-state index contributed by atoms with van der Waals surface area (Å²) in [4.78, 5) is 13.6. The Bertz CT molecular complexity index is 543. The van der Waals surface area contributed by atoms with E-state index in [4.69, 9.17) is 4.74 Å². The smallest absolute Gasteiger partial charge is 0.383 e. The highest BCUT2D eigenvalue weighted by molar-refractivity contribution is 5.78. The summed E-state index contributed by atoms with van der Waals surface area (Å²) in [5.41, 5.74) is 0.866. The number of alkyl halides is 3. The predicted molar refractivity (Wildman–Crippen MR) is 76.4 cm³/mol. The molecule has 122 valence electrons. The lowest BCUT2D eigenvalue weighted by molar-refractivity contribution is -0.137. The van der Waals surface area contributed by atoms with Crippen molar-refractivity contribution in [3.05, 3.63) is 34.9 Å². The zero-order valence-electron chi connectivity index (χ0n) is 12.7. The van der Waals surface area contributed by atoms with Crippen LogP contribution in [0.5, 0.6) is 0 Å². The van der Waals surface area contributed by atoms with Crippen LogP contribution < -0.4 is 0 Å². The van der Waals surface area contributed by atoms with Crippen molar-refractivity contribution in [1.29, 1.82) is 0 Å². The van der Waals surface area contributed by atoms with Gasteiger partial charge in [0.05, 0.1) is 12.2 Å². The fourth-order valence-electron chi connectivity index (χ4n) is 2.79. The van der Waals surface area contributed by atoms with Crippen molar-refractivity contribution in [2.45, 2.75) is 25.9 Å². The minimum Gasteiger partial charge on any atom is -0.383 e. The van der Waals surface area contributed by atoms with Gasteiger partial charge < -0.3 is 9.64 Å². The molecule has 0 saturated carbocycles. The number of carbonyl (C=O) groups is 1. The summed E-state index contributed by atoms with van der Waals surface area (Å²) in [6.45, 7) is 3.39. The zero-order chi connectivity index (χ0) is 16.3. The zero-order valence-corrected chi connectivity index (χ0v) is 12.7. The van der Waals surface area contributed by atoms with Gasteiger partial charge in [0, 0.05) is 26.6 Å². The fourth-order valence-corrected chi connectivity index (χ4v) is 2.79. The number of carbonyl (C=O) groups excluding carboxylic acids is 1. The Morgan fingerprint density at radius 3 is 2.73 bits per heavy atom. The Morgan fingerprint density at radius 1 is 1.36 bits per heavy atom. The lowest BCUT2D eigenvalue weighted by Gasteiger charge is -2.17. The molecule has 1 aliphatic heterocycles. The molecule has 1 aromatic carbocycles. The molecule has 2 rings (SSSR count). The number of hydrogen-bond donors (Lipinski definition) is 0. The number of benzene rings is 1. The van der Waals surface area contributed by atoms with Crippen LogP contribution >= 0.6 is 0 Å². The van der Waals surface area contributed by atoms with Crippen LogP contribution in [0.15, 0.2) is 18.2 Å². The number of amides is 1. The molecular weight excluding hydrogens is 295 g/mol. The van der Waals surface area contributed by atoms with Gasteiger partial charge in [0.25, 0.3) is 0 Å². The summed E-state index contributed by atoms with van der Waals surface area (Å²) in [7, 11) is 1.57. The van der Waals surface area contributed by atoms with Gasteiger partial charge >= 0.3 is 6.18 Å². The fraction of sp³-hybridized carbons (Fsp3) is 0.562. The number of nitrogens with zero attached hydrogens (tertiary/aromatic N) is 1. The molecule has 1 aromatic rings. The molecule has 0 bridgehead atoms. The molecular formula is C16H20F3NO2. The van der Waals surface area contributed by atoms with Crippen molar-refractivity contribution in [1.82, 2.24) is 4.90 Å². The molecule has 1 amide bonds. The third-order valence-electron chi connectivity index (χ3n) is 4.04. The van der Waals surface area contributed by atoms with Gasteiger partial charge in [-0.15, -0.1) is 0 Å². The highest BCUT2D eigenvalue weighted by Gasteiger charge is 2.32. The first kappa shape index (κ1) is 16.8. The van der Waals surface area contributed by atoms with Crippen molar-refractivity contribution in [3.63, 3.8) is 0 Å². The van der Waals surface area contributed by atoms with Crippen LogP contribution in [-0.4, -0.2) is 37.6 Å². The first-order valence-corrected chi connectivity index (χ1v) is 7.24. The Labute approximate surface area is 128 Å². The number of hydrogen-bond acceptors (Lipinski definition) is 2. The second-order valence-corrected chi connectivity index (χ2v) is 5.75. The minimum absolute atomic E-state index is 0.0479. The van der Waals surface area contributed by atoms with Gasteiger partial charge in [-0.05, 0) is 42.5 Å². The van der Waals surface area contributed by atoms with E-state index in [2.05, 4.69) is 0 Å². The first-order chi connectivity index (χ1) is 10.3. The Kier molecular flexibility index (Phi) is 5.11. The van der Waals surface area contributed by atoms with E-state index >= 15 is 0 Å². The number of likely N-dealkylation sites (tertiary alicyclic amines) is 1. The molecule has 0 unspecified atom stereocenters. The van der Waals surface area contributed by atoms with Crippen LogP contribution in [0.25, 0.3) is 0 Å². The SMILES string of the molecule is COCCN1C[C@@H](Cc2cc(C(F)(F)F)ccc2C)CC1=O. The molecule has 1 saturated heterocycles. The maximum atomic E-state index is 12.8. The average molecular weight is 315 g/mol. The summed E-state index contributed by atoms with van der Waals surface area (Å²) in [5.74, 6) is 0.109. The normalized spacial score (nSPS) is 19.0. The summed E-state index contributed by atoms with van der Waals surface area (Å²) >= 11 is 0. The molecule has 0 N–H and O–H groups in total. The molecule has 3 nitrogen and oxygen atoms in total. The van der Waals surface area contributed by atoms with E-state index in [0.717, 1.165) is 11.6 Å². The standard InChI is InChI=1S/C16H20F3NO2/c1-11-3-4-14(16(17,18)19)9-13(11)7-12-8-15(21)20(10-12)5-6-22-2/h3-4,9,12H,5-8,10H2,1-2H3/t12-/m0/s1. The quantitative estimate of drug-likeness (QED) is 0.836. The van der Waals surface area contributed by atoms with Gasteiger partial charge in [-0.3, -0.25) is 4.79 Å². The second kappa shape index (κ2) is 6.69. The Hall–Kier alpha value is -1.56. The summed E-state index contributed by atoms with van der Waals surface area (Å²) in [6, 6.07) is 3.80. The van der Waals surface area contributed by atoms with Crippen LogP contribution in [0.1, 0.15) is 23.1 Å². The highest BCUT2D eigenvalue weighted by Crippen LogP contribution is 2.32. The molecule has 0 aliphatic carbocycles. The summed E-state index contributed by atoms with van der Waals surface area (Å²) in [5, 5.41) is 0. The van der Waals surface area contributed by atoms with Gasteiger partial charge in [0.2, 0.25) is 5.91 Å². The van der Waals surface area contributed by atoms with Crippen LogP contribution in [0, 0.1) is 12.8 Å². The number of methoxy groups -OCH3 is 1. The molecule has 1 atom stereocenters. The molecule has 1 fully saturated rings. The van der Waals surface area contributed by atoms with Gasteiger partial charge in [0.1, 0.15) is 0 Å². The van der Waals surface area contributed by atoms with Crippen molar-refractivity contribution in [2.24, 2.45) is 5.92 Å². The van der Waals surface area contributed by atoms with Crippen LogP contribution in [-0.2, 0) is 22.1 Å². The lowest BCUT2D eigenvalue weighted by atomic mass is 9.94. The van der Waals surface area contributed by atoms with Crippen molar-refractivity contribution in [3.8, 4) is 0 Å². The maximum Gasteiger partial charge on any atom is 0.416 e. The van der Waals surface area contributed by atoms with E-state index in [0.29, 0.717) is 38.1 Å². The van der Waals surface area contributed by atoms with E-state index in [1.54, 1.807) is 18.9 Å². The maximum absolute atomic E-state index is 12.8. The monoisotopic (exact) mass is 315 g/mol. The molecule has 1 aliphatic rings. The molecule has 22 heavy (non-hydrogen) atoms. The van der Waals surface area contributed by atoms with E-state index in [-0.39, 0.29) is 11.8 Å². The summed E-state index contributed by atoms with van der Waals surface area (Å²) in [6.07, 6.45) is -3.46. The van der Waals surface area contributed by atoms with Crippen molar-refractivity contribution >= 4 is 5.91 Å². The van der Waals surface area contributed by atoms with E-state index in [1.807, 2.05) is 0 Å². The molecule has 6 heteroatoms. The summed E-state index contributed by atoms with van der Waals surface area (Å²) < 4.78 is 43.4.